The van der Waals surface area contributed by atoms with Gasteiger partial charge < -0.3 is 19.5 Å². The van der Waals surface area contributed by atoms with Gasteiger partial charge in [-0.2, -0.15) is 0 Å². The third-order valence-electron chi connectivity index (χ3n) is 3.79. The summed E-state index contributed by atoms with van der Waals surface area (Å²) < 4.78 is 16.0. The van der Waals surface area contributed by atoms with Crippen LogP contribution < -0.4 is 14.8 Å². The molecule has 0 fully saturated rings. The topological polar surface area (TPSA) is 56.8 Å². The fourth-order valence-corrected chi connectivity index (χ4v) is 2.48. The summed E-state index contributed by atoms with van der Waals surface area (Å²) in [6.07, 6.45) is 0. The van der Waals surface area contributed by atoms with Gasteiger partial charge in [-0.1, -0.05) is 30.3 Å². The summed E-state index contributed by atoms with van der Waals surface area (Å²) in [5.41, 5.74) is 0.691. The maximum Gasteiger partial charge on any atom is 0.262 e. The summed E-state index contributed by atoms with van der Waals surface area (Å²) in [4.78, 5) is 12.1. The molecule has 0 aliphatic heterocycles. The number of carbonyl (C=O) groups is 1. The first-order valence-corrected chi connectivity index (χ1v) is 8.38. The summed E-state index contributed by atoms with van der Waals surface area (Å²) in [6.45, 7) is 0.969. The molecule has 0 saturated carbocycles. The molecule has 5 heteroatoms. The van der Waals surface area contributed by atoms with Gasteiger partial charge in [0.15, 0.2) is 6.61 Å². The van der Waals surface area contributed by atoms with Crippen molar-refractivity contribution in [2.24, 2.45) is 0 Å². The molecule has 0 radical (unpaired) electrons. The molecule has 134 valence electrons. The Kier molecular flexibility index (Phi) is 6.06. The monoisotopic (exact) mass is 351 g/mol. The van der Waals surface area contributed by atoms with E-state index in [-0.39, 0.29) is 12.5 Å². The minimum absolute atomic E-state index is 0.0512. The van der Waals surface area contributed by atoms with Crippen LogP contribution in [0.5, 0.6) is 11.5 Å². The lowest BCUT2D eigenvalue weighted by Crippen LogP contribution is -2.20. The smallest absolute Gasteiger partial charge is 0.262 e. The summed E-state index contributed by atoms with van der Waals surface area (Å²) in [5, 5.41) is 5.01. The molecular formula is C21H21NO4. The number of ether oxygens (including phenoxy) is 3. The van der Waals surface area contributed by atoms with Crippen molar-refractivity contribution in [1.82, 2.24) is 0 Å². The van der Waals surface area contributed by atoms with Crippen molar-refractivity contribution >= 4 is 22.4 Å². The lowest BCUT2D eigenvalue weighted by molar-refractivity contribution is -0.118. The Morgan fingerprint density at radius 1 is 0.846 bits per heavy atom. The number of anilines is 1. The number of hydrogen-bond acceptors (Lipinski definition) is 4. The van der Waals surface area contributed by atoms with Crippen molar-refractivity contribution in [3.8, 4) is 11.5 Å². The van der Waals surface area contributed by atoms with Gasteiger partial charge in [-0.25, -0.2) is 0 Å². The van der Waals surface area contributed by atoms with Gasteiger partial charge in [-0.15, -0.1) is 0 Å². The highest BCUT2D eigenvalue weighted by atomic mass is 16.5. The van der Waals surface area contributed by atoms with E-state index in [9.17, 15) is 4.79 Å². The summed E-state index contributed by atoms with van der Waals surface area (Å²) >= 11 is 0. The fourth-order valence-electron chi connectivity index (χ4n) is 2.48. The van der Waals surface area contributed by atoms with Crippen molar-refractivity contribution in [2.75, 3.05) is 32.2 Å². The fraction of sp³-hybridized carbons (Fsp3) is 0.190. The lowest BCUT2D eigenvalue weighted by atomic mass is 10.1. The average molecular weight is 351 g/mol. The molecule has 0 aliphatic rings. The largest absolute Gasteiger partial charge is 0.491 e. The number of carbonyl (C=O) groups excluding carboxylic acids is 1. The highest BCUT2D eigenvalue weighted by Crippen LogP contribution is 2.20. The molecule has 1 N–H and O–H groups in total. The molecule has 0 bridgehead atoms. The van der Waals surface area contributed by atoms with Gasteiger partial charge in [0, 0.05) is 12.8 Å². The maximum atomic E-state index is 12.1. The van der Waals surface area contributed by atoms with Crippen LogP contribution in [0.4, 0.5) is 5.69 Å². The molecule has 0 atom stereocenters. The highest BCUT2D eigenvalue weighted by molar-refractivity contribution is 5.92. The van der Waals surface area contributed by atoms with Crippen molar-refractivity contribution < 1.29 is 19.0 Å². The van der Waals surface area contributed by atoms with Crippen molar-refractivity contribution in [1.29, 1.82) is 0 Å². The Balaban J connectivity index is 1.50. The second-order valence-electron chi connectivity index (χ2n) is 5.71. The van der Waals surface area contributed by atoms with E-state index < -0.39 is 0 Å². The van der Waals surface area contributed by atoms with Crippen LogP contribution in [-0.2, 0) is 9.53 Å². The Bertz CT molecular complexity index is 861. The Hall–Kier alpha value is -3.05. The number of benzene rings is 3. The van der Waals surface area contributed by atoms with Crippen LogP contribution in [-0.4, -0.2) is 32.8 Å². The molecule has 3 rings (SSSR count). The normalized spacial score (nSPS) is 10.5. The van der Waals surface area contributed by atoms with Gasteiger partial charge >= 0.3 is 0 Å². The molecule has 3 aromatic rings. The van der Waals surface area contributed by atoms with Crippen LogP contribution in [0, 0.1) is 0 Å². The molecule has 5 nitrogen and oxygen atoms in total. The Morgan fingerprint density at radius 2 is 1.58 bits per heavy atom. The maximum absolute atomic E-state index is 12.1. The van der Waals surface area contributed by atoms with Crippen LogP contribution >= 0.6 is 0 Å². The van der Waals surface area contributed by atoms with E-state index in [0.717, 1.165) is 16.5 Å². The van der Waals surface area contributed by atoms with E-state index >= 15 is 0 Å². The average Bonchev–Trinajstić information content (AvgIpc) is 2.68. The van der Waals surface area contributed by atoms with Gasteiger partial charge in [0.1, 0.15) is 18.1 Å². The van der Waals surface area contributed by atoms with Crippen molar-refractivity contribution in [3.05, 3.63) is 66.7 Å². The number of fused-ring (bicyclic) bond motifs is 1. The van der Waals surface area contributed by atoms with E-state index in [1.165, 1.54) is 0 Å². The van der Waals surface area contributed by atoms with E-state index in [1.54, 1.807) is 31.4 Å². The lowest BCUT2D eigenvalue weighted by Gasteiger charge is -2.09. The number of nitrogens with one attached hydrogen (secondary N) is 1. The van der Waals surface area contributed by atoms with Crippen molar-refractivity contribution in [2.45, 2.75) is 0 Å². The van der Waals surface area contributed by atoms with E-state index in [2.05, 4.69) is 5.32 Å². The van der Waals surface area contributed by atoms with Gasteiger partial charge in [-0.3, -0.25) is 4.79 Å². The molecule has 26 heavy (non-hydrogen) atoms. The van der Waals surface area contributed by atoms with E-state index in [1.807, 2.05) is 42.5 Å². The first-order valence-electron chi connectivity index (χ1n) is 8.38. The standard InChI is InChI=1S/C21H21NO4/c1-24-12-13-25-19-10-7-18(8-11-19)22-21(23)15-26-20-9-6-16-4-2-3-5-17(16)14-20/h2-11,14H,12-13,15H2,1H3,(H,22,23). The molecule has 3 aromatic carbocycles. The van der Waals surface area contributed by atoms with Crippen LogP contribution in [0.2, 0.25) is 0 Å². The minimum atomic E-state index is -0.216. The van der Waals surface area contributed by atoms with Crippen LogP contribution in [0.25, 0.3) is 10.8 Å². The number of hydrogen-bond donors (Lipinski definition) is 1. The second kappa shape index (κ2) is 8.87. The van der Waals surface area contributed by atoms with Gasteiger partial charge in [0.05, 0.1) is 6.61 Å². The number of methoxy groups -OCH3 is 1. The molecular weight excluding hydrogens is 330 g/mol. The Morgan fingerprint density at radius 3 is 2.35 bits per heavy atom. The molecule has 0 heterocycles. The third kappa shape index (κ3) is 4.97. The predicted octanol–water partition coefficient (Wildman–Crippen LogP) is 3.88. The highest BCUT2D eigenvalue weighted by Gasteiger charge is 2.05. The third-order valence-corrected chi connectivity index (χ3v) is 3.79. The first-order chi connectivity index (χ1) is 12.7. The van der Waals surface area contributed by atoms with E-state index in [4.69, 9.17) is 14.2 Å². The van der Waals surface area contributed by atoms with Gasteiger partial charge in [0.25, 0.3) is 5.91 Å². The molecule has 0 unspecified atom stereocenters. The SMILES string of the molecule is COCCOc1ccc(NC(=O)COc2ccc3ccccc3c2)cc1. The number of amides is 1. The minimum Gasteiger partial charge on any atom is -0.491 e. The van der Waals surface area contributed by atoms with Crippen LogP contribution in [0.3, 0.4) is 0 Å². The second-order valence-corrected chi connectivity index (χ2v) is 5.71. The molecule has 0 aliphatic carbocycles. The van der Waals surface area contributed by atoms with Crippen LogP contribution in [0.15, 0.2) is 66.7 Å². The summed E-state index contributed by atoms with van der Waals surface area (Å²) in [7, 11) is 1.63. The van der Waals surface area contributed by atoms with Crippen molar-refractivity contribution in [3.63, 3.8) is 0 Å². The zero-order chi connectivity index (χ0) is 18.2. The van der Waals surface area contributed by atoms with Gasteiger partial charge in [-0.05, 0) is 47.2 Å². The first kappa shape index (κ1) is 17.8. The summed E-state index contributed by atoms with van der Waals surface area (Å²) in [5.74, 6) is 1.18. The molecule has 1 amide bonds. The van der Waals surface area contributed by atoms with Gasteiger partial charge in [0.2, 0.25) is 0 Å². The quantitative estimate of drug-likeness (QED) is 0.626. The zero-order valence-electron chi connectivity index (χ0n) is 14.6. The van der Waals surface area contributed by atoms with E-state index in [0.29, 0.717) is 24.7 Å². The number of rotatable bonds is 8. The summed E-state index contributed by atoms with van der Waals surface area (Å²) in [6, 6.07) is 21.0. The zero-order valence-corrected chi connectivity index (χ0v) is 14.6. The molecule has 0 saturated heterocycles. The Labute approximate surface area is 152 Å². The molecule has 0 spiro atoms. The molecule has 0 aromatic heterocycles. The van der Waals surface area contributed by atoms with Crippen LogP contribution in [0.1, 0.15) is 0 Å². The predicted molar refractivity (Wildman–Crippen MR) is 102 cm³/mol.